The second-order valence-electron chi connectivity index (χ2n) is 11.2. The molecule has 1 aliphatic heterocycles. The number of piperidine rings is 1. The number of aryl methyl sites for hydroxylation is 1. The van der Waals surface area contributed by atoms with Crippen molar-refractivity contribution in [1.29, 1.82) is 0 Å². The number of nitrogens with zero attached hydrogens (tertiary/aromatic N) is 7. The molecule has 4 aromatic rings. The normalized spacial score (nSPS) is 15.1. The van der Waals surface area contributed by atoms with Crippen molar-refractivity contribution in [3.8, 4) is 22.6 Å². The molecule has 1 aromatic carbocycles. The Hall–Kier alpha value is -4.48. The highest BCUT2D eigenvalue weighted by molar-refractivity contribution is 5.69. The predicted molar refractivity (Wildman–Crippen MR) is 151 cm³/mol. The van der Waals surface area contributed by atoms with Gasteiger partial charge in [-0.05, 0) is 71.7 Å². The summed E-state index contributed by atoms with van der Waals surface area (Å²) in [4.78, 5) is 20.0. The number of ether oxygens (including phenoxy) is 2. The fourth-order valence-electron chi connectivity index (χ4n) is 4.92. The van der Waals surface area contributed by atoms with Crippen LogP contribution in [0.3, 0.4) is 0 Å². The topological polar surface area (TPSA) is 126 Å². The molecule has 11 nitrogen and oxygen atoms in total. The van der Waals surface area contributed by atoms with Gasteiger partial charge in [-0.3, -0.25) is 4.68 Å². The molecule has 41 heavy (non-hydrogen) atoms. The van der Waals surface area contributed by atoms with Gasteiger partial charge in [0.05, 0.1) is 29.8 Å². The minimum absolute atomic E-state index is 0.154. The SMILES string of the molecule is Cc1nn(C2CCN(C(=O)OC(C)(C)C)CC2)cc1-c1cnc(N)c(O[C@H](C)c2cc(F)ccc2-n2nccn2)c1. The third kappa shape index (κ3) is 6.31. The number of hydrogen-bond donors (Lipinski definition) is 1. The quantitative estimate of drug-likeness (QED) is 0.337. The molecule has 12 heteroatoms. The summed E-state index contributed by atoms with van der Waals surface area (Å²) in [5, 5.41) is 13.1. The first kappa shape index (κ1) is 28.1. The highest BCUT2D eigenvalue weighted by atomic mass is 19.1. The third-order valence-electron chi connectivity index (χ3n) is 6.97. The Labute approximate surface area is 238 Å². The Kier molecular flexibility index (Phi) is 7.65. The lowest BCUT2D eigenvalue weighted by atomic mass is 10.1. The summed E-state index contributed by atoms with van der Waals surface area (Å²) in [6.07, 6.45) is 7.47. The van der Waals surface area contributed by atoms with E-state index in [1.165, 1.54) is 16.9 Å². The maximum absolute atomic E-state index is 14.2. The van der Waals surface area contributed by atoms with Crippen LogP contribution in [-0.2, 0) is 4.74 Å². The van der Waals surface area contributed by atoms with Crippen molar-refractivity contribution in [3.63, 3.8) is 0 Å². The lowest BCUT2D eigenvalue weighted by molar-refractivity contribution is 0.0184. The van der Waals surface area contributed by atoms with E-state index >= 15 is 0 Å². The van der Waals surface area contributed by atoms with E-state index in [2.05, 4.69) is 15.2 Å². The molecule has 1 fully saturated rings. The second kappa shape index (κ2) is 11.2. The maximum atomic E-state index is 14.2. The number of anilines is 1. The van der Waals surface area contributed by atoms with Gasteiger partial charge in [0.1, 0.15) is 17.5 Å². The molecule has 216 valence electrons. The molecule has 2 N–H and O–H groups in total. The minimum Gasteiger partial charge on any atom is -0.482 e. The van der Waals surface area contributed by atoms with Crippen molar-refractivity contribution < 1.29 is 18.7 Å². The summed E-state index contributed by atoms with van der Waals surface area (Å²) in [6, 6.07) is 6.34. The van der Waals surface area contributed by atoms with Crippen LogP contribution in [0.2, 0.25) is 0 Å². The van der Waals surface area contributed by atoms with Gasteiger partial charge in [-0.25, -0.2) is 14.2 Å². The summed E-state index contributed by atoms with van der Waals surface area (Å²) >= 11 is 0. The third-order valence-corrected chi connectivity index (χ3v) is 6.97. The number of carbonyl (C=O) groups is 1. The largest absolute Gasteiger partial charge is 0.482 e. The van der Waals surface area contributed by atoms with Crippen LogP contribution in [0.15, 0.2) is 49.1 Å². The van der Waals surface area contributed by atoms with Crippen molar-refractivity contribution in [2.45, 2.75) is 65.2 Å². The van der Waals surface area contributed by atoms with Crippen LogP contribution < -0.4 is 10.5 Å². The van der Waals surface area contributed by atoms with E-state index in [9.17, 15) is 9.18 Å². The van der Waals surface area contributed by atoms with E-state index in [1.807, 2.05) is 44.6 Å². The maximum Gasteiger partial charge on any atom is 0.410 e. The molecular formula is C29H35FN8O3. The Morgan fingerprint density at radius 2 is 1.85 bits per heavy atom. The average Bonchev–Trinajstić information content (AvgIpc) is 3.59. The fraction of sp³-hybridized carbons (Fsp3) is 0.414. The molecule has 1 amide bonds. The highest BCUT2D eigenvalue weighted by Gasteiger charge is 2.28. The first-order valence-electron chi connectivity index (χ1n) is 13.6. The zero-order valence-electron chi connectivity index (χ0n) is 23.9. The van der Waals surface area contributed by atoms with Crippen molar-refractivity contribution in [2.75, 3.05) is 18.8 Å². The van der Waals surface area contributed by atoms with Gasteiger partial charge in [0.2, 0.25) is 0 Å². The molecule has 0 unspecified atom stereocenters. The zero-order chi connectivity index (χ0) is 29.3. The number of nitrogen functional groups attached to an aromatic ring is 1. The molecule has 0 spiro atoms. The lowest BCUT2D eigenvalue weighted by Crippen LogP contribution is -2.42. The Morgan fingerprint density at radius 1 is 1.15 bits per heavy atom. The molecule has 1 atom stereocenters. The summed E-state index contributed by atoms with van der Waals surface area (Å²) < 4.78 is 27.9. The van der Waals surface area contributed by atoms with Crippen LogP contribution in [0.25, 0.3) is 16.8 Å². The van der Waals surface area contributed by atoms with E-state index in [-0.39, 0.29) is 18.0 Å². The van der Waals surface area contributed by atoms with Gasteiger partial charge in [0, 0.05) is 42.2 Å². The number of rotatable bonds is 6. The van der Waals surface area contributed by atoms with E-state index in [0.29, 0.717) is 30.1 Å². The van der Waals surface area contributed by atoms with Gasteiger partial charge in [-0.1, -0.05) is 0 Å². The van der Waals surface area contributed by atoms with Crippen molar-refractivity contribution in [3.05, 3.63) is 66.1 Å². The molecule has 4 heterocycles. The van der Waals surface area contributed by atoms with Gasteiger partial charge in [0.25, 0.3) is 0 Å². The Morgan fingerprint density at radius 3 is 2.54 bits per heavy atom. The number of aromatic nitrogens is 6. The molecular weight excluding hydrogens is 527 g/mol. The summed E-state index contributed by atoms with van der Waals surface area (Å²) in [7, 11) is 0. The number of likely N-dealkylation sites (tertiary alicyclic amines) is 1. The van der Waals surface area contributed by atoms with E-state index in [1.54, 1.807) is 36.5 Å². The van der Waals surface area contributed by atoms with Crippen LogP contribution in [0.1, 0.15) is 63.9 Å². The van der Waals surface area contributed by atoms with Crippen molar-refractivity contribution >= 4 is 11.9 Å². The molecule has 1 aliphatic rings. The number of pyridine rings is 1. The number of amides is 1. The molecule has 5 rings (SSSR count). The average molecular weight is 563 g/mol. The fourth-order valence-corrected chi connectivity index (χ4v) is 4.92. The standard InChI is InChI=1S/C29H35FN8O3/c1-18-24(17-37(35-18)22-8-12-36(13-9-22)28(39)41-29(3,4)5)20-14-26(27(31)32-16-20)40-19(2)23-15-21(30)6-7-25(23)38-33-10-11-34-38/h6-7,10-11,14-17,19,22H,8-9,12-13H2,1-5H3,(H2,31,32)/t19-/m1/s1. The van der Waals surface area contributed by atoms with Crippen molar-refractivity contribution in [1.82, 2.24) is 34.7 Å². The lowest BCUT2D eigenvalue weighted by Gasteiger charge is -2.33. The molecule has 0 aliphatic carbocycles. The van der Waals surface area contributed by atoms with Gasteiger partial charge >= 0.3 is 6.09 Å². The van der Waals surface area contributed by atoms with Crippen molar-refractivity contribution in [2.24, 2.45) is 0 Å². The molecule has 0 bridgehead atoms. The van der Waals surface area contributed by atoms with Crippen LogP contribution in [0.5, 0.6) is 5.75 Å². The first-order chi connectivity index (χ1) is 19.5. The van der Waals surface area contributed by atoms with E-state index in [4.69, 9.17) is 20.3 Å². The van der Waals surface area contributed by atoms with Crippen LogP contribution in [0, 0.1) is 12.7 Å². The van der Waals surface area contributed by atoms with Crippen LogP contribution in [0.4, 0.5) is 15.0 Å². The number of benzene rings is 1. The number of carbonyl (C=O) groups excluding carboxylic acids is 1. The molecule has 0 radical (unpaired) electrons. The highest BCUT2D eigenvalue weighted by Crippen LogP contribution is 2.34. The first-order valence-corrected chi connectivity index (χ1v) is 13.6. The minimum atomic E-state index is -0.579. The number of hydrogen-bond acceptors (Lipinski definition) is 8. The molecule has 0 saturated carbocycles. The number of halogens is 1. The summed E-state index contributed by atoms with van der Waals surface area (Å²) in [5.41, 5.74) is 9.36. The summed E-state index contributed by atoms with van der Waals surface area (Å²) in [6.45, 7) is 10.6. The van der Waals surface area contributed by atoms with Crippen LogP contribution in [-0.4, -0.2) is 59.4 Å². The van der Waals surface area contributed by atoms with E-state index < -0.39 is 17.5 Å². The monoisotopic (exact) mass is 562 g/mol. The van der Waals surface area contributed by atoms with Gasteiger partial charge in [-0.15, -0.1) is 0 Å². The Balaban J connectivity index is 1.32. The smallest absolute Gasteiger partial charge is 0.410 e. The predicted octanol–water partition coefficient (Wildman–Crippen LogP) is 5.27. The second-order valence-corrected chi connectivity index (χ2v) is 11.2. The van der Waals surface area contributed by atoms with Gasteiger partial charge < -0.3 is 20.1 Å². The zero-order valence-corrected chi connectivity index (χ0v) is 23.9. The molecule has 3 aromatic heterocycles. The Bertz CT molecular complexity index is 1520. The van der Waals surface area contributed by atoms with E-state index in [0.717, 1.165) is 29.7 Å². The number of nitrogens with two attached hydrogens (primary N) is 1. The van der Waals surface area contributed by atoms with Gasteiger partial charge in [0.15, 0.2) is 11.6 Å². The van der Waals surface area contributed by atoms with Gasteiger partial charge in [-0.2, -0.15) is 20.1 Å². The molecule has 1 saturated heterocycles. The summed E-state index contributed by atoms with van der Waals surface area (Å²) in [5.74, 6) is 0.193. The van der Waals surface area contributed by atoms with Crippen LogP contribution >= 0.6 is 0 Å².